The summed E-state index contributed by atoms with van der Waals surface area (Å²) in [5.74, 6) is -2.26. The SMILES string of the molecule is C=CCN(CCCCC)C(=O)C1N([C@@H](CC)CO)C(=O)[C@@H]2[C@@H](C(=O)N(CC=C)Cc3ccccc3)[C@]3(C)OC12CC3C. The minimum atomic E-state index is -1.15. The second-order valence-electron chi connectivity index (χ2n) is 12.5. The number of carbonyl (C=O) groups is 3. The molecule has 3 amide bonds. The van der Waals surface area contributed by atoms with Gasteiger partial charge in [0.25, 0.3) is 0 Å². The molecule has 3 unspecified atom stereocenters. The van der Waals surface area contributed by atoms with E-state index in [0.717, 1.165) is 24.8 Å². The minimum absolute atomic E-state index is 0.0600. The molecule has 2 bridgehead atoms. The van der Waals surface area contributed by atoms with E-state index in [4.69, 9.17) is 4.74 Å². The van der Waals surface area contributed by atoms with Crippen LogP contribution in [0.1, 0.15) is 65.4 Å². The maximum atomic E-state index is 14.5. The Morgan fingerprint density at radius 3 is 2.38 bits per heavy atom. The lowest BCUT2D eigenvalue weighted by atomic mass is 9.62. The second-order valence-corrected chi connectivity index (χ2v) is 12.5. The fraction of sp³-hybridized carbons (Fsp3) is 0.618. The number of hydrogen-bond acceptors (Lipinski definition) is 5. The van der Waals surface area contributed by atoms with Gasteiger partial charge in [0.05, 0.1) is 30.1 Å². The molecule has 4 rings (SSSR count). The van der Waals surface area contributed by atoms with Gasteiger partial charge in [0.2, 0.25) is 17.7 Å². The average molecular weight is 580 g/mol. The standard InChI is InChI=1S/C34H49N3O5/c1-7-11-15-20-35(18-8-2)32(41)29-34-21-24(5)33(6,42-34)27(28(34)31(40)37(29)26(10-4)23-38)30(39)36(19-9-3)22-25-16-13-12-14-17-25/h8-9,12-14,16-17,24,26-29,38H,2-3,7,10-11,15,18-23H2,1,4-6H3/t24?,26-,27-,28-,29?,33+,34?/m0/s1. The molecule has 3 aliphatic heterocycles. The first-order chi connectivity index (χ1) is 20.1. The number of rotatable bonds is 15. The number of nitrogens with zero attached hydrogens (tertiary/aromatic N) is 3. The lowest BCUT2D eigenvalue weighted by molar-refractivity contribution is -0.157. The molecule has 0 saturated carbocycles. The molecule has 8 nitrogen and oxygen atoms in total. The predicted molar refractivity (Wildman–Crippen MR) is 163 cm³/mol. The van der Waals surface area contributed by atoms with E-state index in [1.165, 1.54) is 0 Å². The molecule has 230 valence electrons. The third-order valence-electron chi connectivity index (χ3n) is 9.90. The summed E-state index contributed by atoms with van der Waals surface area (Å²) in [6, 6.07) is 8.29. The van der Waals surface area contributed by atoms with Crippen LogP contribution in [0.2, 0.25) is 0 Å². The third-order valence-corrected chi connectivity index (χ3v) is 9.90. The van der Waals surface area contributed by atoms with Crippen LogP contribution in [0.4, 0.5) is 0 Å². The number of amides is 3. The maximum absolute atomic E-state index is 14.5. The van der Waals surface area contributed by atoms with Crippen LogP contribution >= 0.6 is 0 Å². The van der Waals surface area contributed by atoms with Crippen LogP contribution in [0.15, 0.2) is 55.6 Å². The fourth-order valence-corrected chi connectivity index (χ4v) is 7.70. The molecule has 1 aromatic carbocycles. The number of aliphatic hydroxyl groups is 1. The van der Waals surface area contributed by atoms with Crippen molar-refractivity contribution in [3.63, 3.8) is 0 Å². The third kappa shape index (κ3) is 5.32. The first kappa shape index (κ1) is 32.0. The summed E-state index contributed by atoms with van der Waals surface area (Å²) in [6.45, 7) is 17.1. The molecule has 1 aromatic rings. The summed E-state index contributed by atoms with van der Waals surface area (Å²) in [6.07, 6.45) is 7.24. The number of fused-ring (bicyclic) bond motifs is 1. The zero-order valence-electron chi connectivity index (χ0n) is 25.8. The molecule has 42 heavy (non-hydrogen) atoms. The highest BCUT2D eigenvalue weighted by Gasteiger charge is 2.80. The van der Waals surface area contributed by atoms with E-state index < -0.39 is 35.1 Å². The van der Waals surface area contributed by atoms with Crippen LogP contribution in [0.3, 0.4) is 0 Å². The largest absolute Gasteiger partial charge is 0.394 e. The summed E-state index contributed by atoms with van der Waals surface area (Å²) < 4.78 is 6.93. The van der Waals surface area contributed by atoms with Crippen LogP contribution in [-0.2, 0) is 25.7 Å². The Kier molecular flexibility index (Phi) is 9.99. The van der Waals surface area contributed by atoms with Crippen molar-refractivity contribution in [2.75, 3.05) is 26.2 Å². The number of unbranched alkanes of at least 4 members (excludes halogenated alkanes) is 2. The first-order valence-electron chi connectivity index (χ1n) is 15.6. The summed E-state index contributed by atoms with van der Waals surface area (Å²) in [5.41, 5.74) is -1.08. The summed E-state index contributed by atoms with van der Waals surface area (Å²) in [4.78, 5) is 48.7. The normalized spacial score (nSPS) is 30.2. The molecule has 8 heteroatoms. The molecule has 3 aliphatic rings. The van der Waals surface area contributed by atoms with Gasteiger partial charge in [0, 0.05) is 26.2 Å². The number of benzene rings is 1. The summed E-state index contributed by atoms with van der Waals surface area (Å²) in [5, 5.41) is 10.4. The molecule has 0 aromatic heterocycles. The molecule has 3 heterocycles. The summed E-state index contributed by atoms with van der Waals surface area (Å²) in [7, 11) is 0. The predicted octanol–water partition coefficient (Wildman–Crippen LogP) is 4.19. The summed E-state index contributed by atoms with van der Waals surface area (Å²) >= 11 is 0. The minimum Gasteiger partial charge on any atom is -0.394 e. The van der Waals surface area contributed by atoms with Crippen LogP contribution in [0, 0.1) is 17.8 Å². The van der Waals surface area contributed by atoms with Gasteiger partial charge in [0.15, 0.2) is 0 Å². The van der Waals surface area contributed by atoms with Gasteiger partial charge >= 0.3 is 0 Å². The van der Waals surface area contributed by atoms with Gasteiger partial charge in [-0.25, -0.2) is 0 Å². The van der Waals surface area contributed by atoms with Crippen molar-refractivity contribution in [3.05, 3.63) is 61.2 Å². The highest BCUT2D eigenvalue weighted by molar-refractivity contribution is 5.99. The van der Waals surface area contributed by atoms with Crippen molar-refractivity contribution in [2.45, 2.75) is 89.6 Å². The quantitative estimate of drug-likeness (QED) is 0.249. The molecular weight excluding hydrogens is 530 g/mol. The fourth-order valence-electron chi connectivity index (χ4n) is 7.70. The Hall–Kier alpha value is -2.97. The average Bonchev–Trinajstić information content (AvgIpc) is 3.49. The Morgan fingerprint density at radius 1 is 1.12 bits per heavy atom. The van der Waals surface area contributed by atoms with Crippen molar-refractivity contribution >= 4 is 17.7 Å². The van der Waals surface area contributed by atoms with E-state index in [2.05, 4.69) is 27.0 Å². The molecule has 0 aliphatic carbocycles. The molecular formula is C34H49N3O5. The highest BCUT2D eigenvalue weighted by atomic mass is 16.5. The molecule has 3 saturated heterocycles. The van der Waals surface area contributed by atoms with E-state index in [-0.39, 0.29) is 30.2 Å². The van der Waals surface area contributed by atoms with Gasteiger partial charge in [0.1, 0.15) is 11.6 Å². The number of likely N-dealkylation sites (tertiary alicyclic amines) is 1. The van der Waals surface area contributed by atoms with E-state index in [1.807, 2.05) is 44.2 Å². The lowest BCUT2D eigenvalue weighted by Gasteiger charge is -2.39. The monoisotopic (exact) mass is 579 g/mol. The van der Waals surface area contributed by atoms with E-state index in [1.54, 1.807) is 26.9 Å². The molecule has 1 N–H and O–H groups in total. The van der Waals surface area contributed by atoms with E-state index >= 15 is 0 Å². The second kappa shape index (κ2) is 13.1. The number of carbonyl (C=O) groups excluding carboxylic acids is 3. The van der Waals surface area contributed by atoms with Crippen molar-refractivity contribution < 1.29 is 24.2 Å². The highest BCUT2D eigenvalue weighted by Crippen LogP contribution is 2.66. The van der Waals surface area contributed by atoms with Crippen molar-refractivity contribution in [3.8, 4) is 0 Å². The molecule has 1 spiro atoms. The van der Waals surface area contributed by atoms with E-state index in [9.17, 15) is 19.5 Å². The van der Waals surface area contributed by atoms with Crippen LogP contribution < -0.4 is 0 Å². The molecule has 7 atom stereocenters. The Bertz CT molecular complexity index is 1150. The maximum Gasteiger partial charge on any atom is 0.248 e. The van der Waals surface area contributed by atoms with Gasteiger partial charge < -0.3 is 24.5 Å². The van der Waals surface area contributed by atoms with Crippen molar-refractivity contribution in [1.29, 1.82) is 0 Å². The smallest absolute Gasteiger partial charge is 0.248 e. The van der Waals surface area contributed by atoms with Crippen LogP contribution in [0.5, 0.6) is 0 Å². The topological polar surface area (TPSA) is 90.4 Å². The zero-order chi connectivity index (χ0) is 30.7. The lowest BCUT2D eigenvalue weighted by Crippen LogP contribution is -2.59. The van der Waals surface area contributed by atoms with Gasteiger partial charge in [-0.05, 0) is 37.7 Å². The number of aliphatic hydroxyl groups excluding tert-OH is 1. The Balaban J connectivity index is 1.79. The number of ether oxygens (including phenoxy) is 1. The van der Waals surface area contributed by atoms with Gasteiger partial charge in [-0.3, -0.25) is 14.4 Å². The molecule has 0 radical (unpaired) electrons. The van der Waals surface area contributed by atoms with Crippen molar-refractivity contribution in [1.82, 2.24) is 14.7 Å². The Morgan fingerprint density at radius 2 is 1.79 bits per heavy atom. The van der Waals surface area contributed by atoms with Crippen LogP contribution in [0.25, 0.3) is 0 Å². The number of hydrogen-bond donors (Lipinski definition) is 1. The zero-order valence-corrected chi connectivity index (χ0v) is 25.8. The van der Waals surface area contributed by atoms with Crippen molar-refractivity contribution in [2.24, 2.45) is 17.8 Å². The van der Waals surface area contributed by atoms with Gasteiger partial charge in [-0.2, -0.15) is 0 Å². The molecule has 3 fully saturated rings. The van der Waals surface area contributed by atoms with E-state index in [0.29, 0.717) is 39.0 Å². The van der Waals surface area contributed by atoms with Gasteiger partial charge in [-0.15, -0.1) is 13.2 Å². The van der Waals surface area contributed by atoms with Gasteiger partial charge in [-0.1, -0.05) is 76.1 Å². The Labute approximate surface area is 251 Å². The van der Waals surface area contributed by atoms with Crippen LogP contribution in [-0.4, -0.2) is 87.1 Å². The first-order valence-corrected chi connectivity index (χ1v) is 15.6.